The molecule has 6 heteroatoms. The smallest absolute Gasteiger partial charge is 0.312 e. The SMILES string of the molecule is COC1CNC(C(=O)N2CC(C(=O)O)c3ccccc32)C1. The van der Waals surface area contributed by atoms with Gasteiger partial charge in [0.2, 0.25) is 5.91 Å². The molecule has 0 bridgehead atoms. The topological polar surface area (TPSA) is 78.9 Å². The Bertz CT molecular complexity index is 575. The molecule has 3 unspecified atom stereocenters. The number of carboxylic acid groups (broad SMARTS) is 1. The number of rotatable bonds is 3. The molecular weight excluding hydrogens is 272 g/mol. The summed E-state index contributed by atoms with van der Waals surface area (Å²) < 4.78 is 5.26. The third-order valence-electron chi connectivity index (χ3n) is 4.25. The monoisotopic (exact) mass is 290 g/mol. The second-order valence-corrected chi connectivity index (χ2v) is 5.45. The molecule has 0 aliphatic carbocycles. The molecule has 1 aromatic carbocycles. The predicted molar refractivity (Wildman–Crippen MR) is 76.4 cm³/mol. The van der Waals surface area contributed by atoms with E-state index >= 15 is 0 Å². The van der Waals surface area contributed by atoms with E-state index in [1.807, 2.05) is 6.07 Å². The number of nitrogens with one attached hydrogen (secondary N) is 1. The highest BCUT2D eigenvalue weighted by molar-refractivity contribution is 6.01. The highest BCUT2D eigenvalue weighted by Crippen LogP contribution is 2.37. The van der Waals surface area contributed by atoms with Crippen molar-refractivity contribution in [2.45, 2.75) is 24.5 Å². The largest absolute Gasteiger partial charge is 0.481 e. The Kier molecular flexibility index (Phi) is 3.65. The molecule has 2 heterocycles. The van der Waals surface area contributed by atoms with E-state index in [1.54, 1.807) is 30.2 Å². The van der Waals surface area contributed by atoms with E-state index in [1.165, 1.54) is 0 Å². The molecule has 112 valence electrons. The predicted octanol–water partition coefficient (Wildman–Crippen LogP) is 0.578. The van der Waals surface area contributed by atoms with E-state index in [-0.39, 0.29) is 24.6 Å². The zero-order chi connectivity index (χ0) is 15.0. The van der Waals surface area contributed by atoms with Crippen molar-refractivity contribution in [1.82, 2.24) is 5.32 Å². The van der Waals surface area contributed by atoms with E-state index in [0.717, 1.165) is 0 Å². The van der Waals surface area contributed by atoms with Crippen molar-refractivity contribution in [1.29, 1.82) is 0 Å². The Hall–Kier alpha value is -1.92. The van der Waals surface area contributed by atoms with E-state index in [2.05, 4.69) is 5.32 Å². The van der Waals surface area contributed by atoms with E-state index < -0.39 is 11.9 Å². The first-order chi connectivity index (χ1) is 10.1. The Morgan fingerprint density at radius 2 is 2.14 bits per heavy atom. The summed E-state index contributed by atoms with van der Waals surface area (Å²) in [7, 11) is 1.63. The normalized spacial score (nSPS) is 27.7. The lowest BCUT2D eigenvalue weighted by atomic mass is 10.0. The van der Waals surface area contributed by atoms with Crippen molar-refractivity contribution in [3.8, 4) is 0 Å². The summed E-state index contributed by atoms with van der Waals surface area (Å²) in [6.45, 7) is 0.841. The van der Waals surface area contributed by atoms with Gasteiger partial charge in [-0.1, -0.05) is 18.2 Å². The summed E-state index contributed by atoms with van der Waals surface area (Å²) in [4.78, 5) is 25.6. The van der Waals surface area contributed by atoms with Crippen LogP contribution in [0.4, 0.5) is 5.69 Å². The molecule has 1 saturated heterocycles. The van der Waals surface area contributed by atoms with Crippen LogP contribution < -0.4 is 10.2 Å². The molecular formula is C15H18N2O4. The van der Waals surface area contributed by atoms with Gasteiger partial charge in [-0.05, 0) is 18.1 Å². The second-order valence-electron chi connectivity index (χ2n) is 5.45. The van der Waals surface area contributed by atoms with Crippen LogP contribution in [0.2, 0.25) is 0 Å². The molecule has 0 radical (unpaired) electrons. The Labute approximate surface area is 122 Å². The van der Waals surface area contributed by atoms with Crippen molar-refractivity contribution in [3.05, 3.63) is 29.8 Å². The minimum Gasteiger partial charge on any atom is -0.481 e. The maximum absolute atomic E-state index is 12.7. The molecule has 1 amide bonds. The summed E-state index contributed by atoms with van der Waals surface area (Å²) in [5.41, 5.74) is 1.41. The number of carbonyl (C=O) groups excluding carboxylic acids is 1. The molecule has 0 saturated carbocycles. The number of methoxy groups -OCH3 is 1. The number of para-hydroxylation sites is 1. The third-order valence-corrected chi connectivity index (χ3v) is 4.25. The summed E-state index contributed by atoms with van der Waals surface area (Å²) in [6.07, 6.45) is 0.651. The molecule has 2 aliphatic rings. The van der Waals surface area contributed by atoms with E-state index in [4.69, 9.17) is 4.74 Å². The first kappa shape index (κ1) is 14.0. The molecule has 2 N–H and O–H groups in total. The van der Waals surface area contributed by atoms with Crippen molar-refractivity contribution in [2.75, 3.05) is 25.1 Å². The molecule has 2 aliphatic heterocycles. The van der Waals surface area contributed by atoms with Gasteiger partial charge in [-0.3, -0.25) is 9.59 Å². The van der Waals surface area contributed by atoms with Crippen LogP contribution in [0.3, 0.4) is 0 Å². The van der Waals surface area contributed by atoms with Crippen molar-refractivity contribution >= 4 is 17.6 Å². The van der Waals surface area contributed by atoms with Crippen molar-refractivity contribution in [3.63, 3.8) is 0 Å². The lowest BCUT2D eigenvalue weighted by molar-refractivity contribution is -0.138. The van der Waals surface area contributed by atoms with E-state index in [0.29, 0.717) is 24.2 Å². The Morgan fingerprint density at radius 1 is 1.38 bits per heavy atom. The molecule has 0 spiro atoms. The number of ether oxygens (including phenoxy) is 1. The van der Waals surface area contributed by atoms with Gasteiger partial charge < -0.3 is 20.1 Å². The van der Waals surface area contributed by atoms with Crippen LogP contribution in [0.1, 0.15) is 17.9 Å². The van der Waals surface area contributed by atoms with Gasteiger partial charge in [-0.15, -0.1) is 0 Å². The number of aliphatic carboxylic acids is 1. The standard InChI is InChI=1S/C15H18N2O4/c1-21-9-6-12(16-7-9)14(18)17-8-11(15(19)20)10-4-2-3-5-13(10)17/h2-5,9,11-12,16H,6-8H2,1H3,(H,19,20). The van der Waals surface area contributed by atoms with Crippen LogP contribution in [0.25, 0.3) is 0 Å². The number of anilines is 1. The van der Waals surface area contributed by atoms with Gasteiger partial charge >= 0.3 is 5.97 Å². The Morgan fingerprint density at radius 3 is 2.81 bits per heavy atom. The summed E-state index contributed by atoms with van der Waals surface area (Å²) in [5.74, 6) is -1.62. The van der Waals surface area contributed by atoms with Gasteiger partial charge in [0, 0.05) is 25.9 Å². The van der Waals surface area contributed by atoms with Gasteiger partial charge in [0.1, 0.15) is 5.92 Å². The summed E-state index contributed by atoms with van der Waals surface area (Å²) >= 11 is 0. The molecule has 3 atom stereocenters. The molecule has 21 heavy (non-hydrogen) atoms. The number of carboxylic acids is 1. The third kappa shape index (κ3) is 2.41. The van der Waals surface area contributed by atoms with Crippen LogP contribution >= 0.6 is 0 Å². The average Bonchev–Trinajstić information content (AvgIpc) is 3.11. The molecule has 3 rings (SSSR count). The molecule has 1 aromatic rings. The number of amides is 1. The molecule has 1 fully saturated rings. The number of hydrogen-bond donors (Lipinski definition) is 2. The number of carbonyl (C=O) groups is 2. The van der Waals surface area contributed by atoms with Crippen LogP contribution in [-0.2, 0) is 14.3 Å². The molecule has 0 aromatic heterocycles. The average molecular weight is 290 g/mol. The maximum Gasteiger partial charge on any atom is 0.312 e. The van der Waals surface area contributed by atoms with Gasteiger partial charge in [-0.25, -0.2) is 0 Å². The first-order valence-electron chi connectivity index (χ1n) is 7.01. The van der Waals surface area contributed by atoms with Crippen molar-refractivity contribution in [2.24, 2.45) is 0 Å². The van der Waals surface area contributed by atoms with Crippen LogP contribution in [0.15, 0.2) is 24.3 Å². The zero-order valence-corrected chi connectivity index (χ0v) is 11.8. The van der Waals surface area contributed by atoms with Gasteiger partial charge in [0.15, 0.2) is 0 Å². The highest BCUT2D eigenvalue weighted by Gasteiger charge is 2.40. The fourth-order valence-corrected chi connectivity index (χ4v) is 3.09. The number of fused-ring (bicyclic) bond motifs is 1. The fourth-order valence-electron chi connectivity index (χ4n) is 3.09. The number of nitrogens with zero attached hydrogens (tertiary/aromatic N) is 1. The maximum atomic E-state index is 12.7. The fraction of sp³-hybridized carbons (Fsp3) is 0.467. The van der Waals surface area contributed by atoms with Crippen LogP contribution in [-0.4, -0.2) is 49.3 Å². The summed E-state index contributed by atoms with van der Waals surface area (Å²) in [6, 6.07) is 6.90. The minimum absolute atomic E-state index is 0.0343. The number of hydrogen-bond acceptors (Lipinski definition) is 4. The lowest BCUT2D eigenvalue weighted by Crippen LogP contribution is -2.43. The lowest BCUT2D eigenvalue weighted by Gasteiger charge is -2.21. The first-order valence-corrected chi connectivity index (χ1v) is 7.01. The van der Waals surface area contributed by atoms with Gasteiger partial charge in [-0.2, -0.15) is 0 Å². The molecule has 6 nitrogen and oxygen atoms in total. The quantitative estimate of drug-likeness (QED) is 0.851. The summed E-state index contributed by atoms with van der Waals surface area (Å²) in [5, 5.41) is 12.5. The van der Waals surface area contributed by atoms with E-state index in [9.17, 15) is 14.7 Å². The zero-order valence-electron chi connectivity index (χ0n) is 11.8. The number of benzene rings is 1. The highest BCUT2D eigenvalue weighted by atomic mass is 16.5. The van der Waals surface area contributed by atoms with Gasteiger partial charge in [0.05, 0.1) is 12.1 Å². The van der Waals surface area contributed by atoms with Crippen LogP contribution in [0, 0.1) is 0 Å². The second kappa shape index (κ2) is 5.46. The van der Waals surface area contributed by atoms with Crippen LogP contribution in [0.5, 0.6) is 0 Å². The Balaban J connectivity index is 1.84. The minimum atomic E-state index is -0.896. The van der Waals surface area contributed by atoms with Crippen molar-refractivity contribution < 1.29 is 19.4 Å². The van der Waals surface area contributed by atoms with Gasteiger partial charge in [0.25, 0.3) is 0 Å².